The number of hydrogen-bond donors (Lipinski definition) is 0. The van der Waals surface area contributed by atoms with Crippen LogP contribution in [0.1, 0.15) is 190 Å². The van der Waals surface area contributed by atoms with Crippen LogP contribution in [0.4, 0.5) is 50.9 Å². The molecule has 8 aromatic carbocycles. The SMILES string of the molecule is C#N.CC#N.CC(C)OP(OC(C)C)OC(C)C.CC(C)O[PH+](OC(C)C)OC(C)C.Cc1cc(C)c(N2[CH-]N(c3c(C)cc(C)cc3C)CC2)c(C)c1.Cc1cc(C)c(N2[CH-]N(c3c(C)cc(C)cc3C)CC2)c(C)c1.[CH3-].[Cl][Ru]=[C]1C=C(c2ccccc2)c2ccccc21.[Cl][Ru]=[C]1C=C(c2ccccc2)c2ccccc21.[F-].[F-].[F][Sb]([F])([F])([F])[F].[F][Sb]([F])([F])([F])[F]. The van der Waals surface area contributed by atoms with Gasteiger partial charge in [0.2, 0.25) is 0 Å². The Morgan fingerprint density at radius 2 is 0.571 bits per heavy atom. The van der Waals surface area contributed by atoms with Gasteiger partial charge in [-0.1, -0.05) is 70.8 Å². The van der Waals surface area contributed by atoms with Crippen LogP contribution >= 0.6 is 36.6 Å². The first kappa shape index (κ1) is 120. The zero-order valence-corrected chi connectivity index (χ0v) is 88.7. The number of halogens is 14. The molecule has 0 amide bonds. The summed E-state index contributed by atoms with van der Waals surface area (Å²) in [4.78, 5) is 9.62. The van der Waals surface area contributed by atoms with E-state index in [1.165, 1.54) is 149 Å². The van der Waals surface area contributed by atoms with Crippen LogP contribution in [0.15, 0.2) is 170 Å². The Hall–Kier alpha value is -5.60. The van der Waals surface area contributed by atoms with Crippen molar-refractivity contribution in [1.29, 1.82) is 10.5 Å². The standard InChI is InChI=1S/2C21H27N2.2C15H10.C9H22O3P.C9H21O3P.C2H3N.CHN.CH3.2ClH.12FH.2Ru.2Sb/c2*1-14-9-16(3)20(17(4)10-14)22-7-8-23(13-22)21-18(5)11-15(2)12-19(21)6;2*1-2-6-12(7-3-1)15-11-10-13-8-4-5-9-14(13)15;2*1-7(2)10-13(11-8(3)4)12-9(5)6;1-2-3;1-2;;;;;;;;;;;;;;;;;;;/h2*9-13H,7-8H2,1-6H3;2*1-9,11H;7-9,13H,1-6H3;7-9H,1-6H3;1H3;1H;1H3;14*1H;;;;/q2*-1;;;+1;;;;-1;;;;;;;;;;;;;;;2*+1;2*+5/p-14. The van der Waals surface area contributed by atoms with E-state index in [1.807, 2.05) is 95.2 Å². The monoisotopic (exact) mass is 2240 g/mol. The van der Waals surface area contributed by atoms with E-state index in [0.717, 1.165) is 26.2 Å². The number of hydrogen-bond acceptors (Lipinski definition) is 12. The second kappa shape index (κ2) is 57.0. The molecule has 0 unspecified atom stereocenters. The zero-order chi connectivity index (χ0) is 93.2. The molecule has 0 atom stereocenters. The second-order valence-corrected chi connectivity index (χ2v) is 44.4. The van der Waals surface area contributed by atoms with Crippen LogP contribution < -0.4 is 29.0 Å². The molecule has 2 heterocycles. The predicted octanol–water partition coefficient (Wildman–Crippen LogP) is 23.0. The van der Waals surface area contributed by atoms with Crippen LogP contribution in [0.5, 0.6) is 0 Å². The van der Waals surface area contributed by atoms with Gasteiger partial charge < -0.3 is 50.0 Å². The molecule has 2 saturated heterocycles. The van der Waals surface area contributed by atoms with Crippen molar-refractivity contribution in [2.75, 3.05) is 45.8 Å². The van der Waals surface area contributed by atoms with E-state index >= 15 is 0 Å². The summed E-state index contributed by atoms with van der Waals surface area (Å²) in [7, 11) is 9.47. The quantitative estimate of drug-likeness (QED) is 0.0352. The maximum absolute atomic E-state index is 9.91. The molecule has 0 radical (unpaired) electrons. The fourth-order valence-electron chi connectivity index (χ4n) is 13.7. The predicted molar refractivity (Wildman–Crippen MR) is 500 cm³/mol. The Labute approximate surface area is 777 Å². The van der Waals surface area contributed by atoms with Gasteiger partial charge >= 0.3 is 311 Å². The van der Waals surface area contributed by atoms with E-state index in [1.54, 1.807) is 6.07 Å². The summed E-state index contributed by atoms with van der Waals surface area (Å²) in [6.07, 6.45) is 5.39. The Kier molecular flexibility index (Phi) is 54.4. The molecule has 0 N–H and O–H groups in total. The molecule has 0 bridgehead atoms. The summed E-state index contributed by atoms with van der Waals surface area (Å²) < 4.78 is 135. The van der Waals surface area contributed by atoms with E-state index < -0.39 is 57.8 Å². The Bertz CT molecular complexity index is 4290. The van der Waals surface area contributed by atoms with Crippen molar-refractivity contribution < 1.29 is 96.0 Å². The molecule has 704 valence electrons. The van der Waals surface area contributed by atoms with Gasteiger partial charge in [-0.15, -0.1) is 0 Å². The van der Waals surface area contributed by atoms with Crippen molar-refractivity contribution in [3.63, 3.8) is 0 Å². The molecule has 12 nitrogen and oxygen atoms in total. The van der Waals surface area contributed by atoms with Crippen molar-refractivity contribution in [2.45, 2.75) is 210 Å². The first-order valence-corrected chi connectivity index (χ1v) is 57.9. The molecule has 2 aliphatic carbocycles. The third kappa shape index (κ3) is 45.0. The average Bonchev–Trinajstić information content (AvgIpc) is 1.65. The van der Waals surface area contributed by atoms with Crippen molar-refractivity contribution in [2.24, 2.45) is 0 Å². The van der Waals surface area contributed by atoms with Crippen LogP contribution in [-0.4, -0.2) is 112 Å². The number of aryl methyl sites for hydroxylation is 12. The molecule has 8 aromatic rings. The first-order chi connectivity index (χ1) is 57.2. The van der Waals surface area contributed by atoms with Crippen molar-refractivity contribution in [1.82, 2.24) is 0 Å². The molecule has 126 heavy (non-hydrogen) atoms. The minimum absolute atomic E-state index is 0. The van der Waals surface area contributed by atoms with Gasteiger partial charge in [-0.2, -0.15) is 32.2 Å². The fraction of sp³-hybridized carbons (Fsp3) is 0.372. The Morgan fingerprint density at radius 1 is 0.381 bits per heavy atom. The molecule has 0 saturated carbocycles. The topological polar surface area (TPSA) is 116 Å². The number of benzene rings is 8. The molecule has 0 spiro atoms. The van der Waals surface area contributed by atoms with Gasteiger partial charge in [0, 0.05) is 62.4 Å². The zero-order valence-electron chi connectivity index (χ0n) is 76.7. The number of allylic oxidation sites excluding steroid dienone is 2. The normalized spacial score (nSPS) is 14.2. The van der Waals surface area contributed by atoms with E-state index in [4.69, 9.17) is 57.0 Å². The van der Waals surface area contributed by atoms with Crippen LogP contribution in [0.3, 0.4) is 0 Å². The minimum atomic E-state index is -9.19. The van der Waals surface area contributed by atoms with E-state index in [-0.39, 0.29) is 84.8 Å². The van der Waals surface area contributed by atoms with Gasteiger partial charge in [0.1, 0.15) is 18.3 Å². The number of fused-ring (bicyclic) bond motifs is 2. The fourth-order valence-corrected chi connectivity index (χ4v) is 19.3. The Morgan fingerprint density at radius 3 is 0.754 bits per heavy atom. The maximum atomic E-state index is 9.91. The molecule has 12 rings (SSSR count). The van der Waals surface area contributed by atoms with E-state index in [0.29, 0.717) is 0 Å². The average molecular weight is 2240 g/mol. The second-order valence-electron chi connectivity index (χ2n) is 30.7. The van der Waals surface area contributed by atoms with Crippen LogP contribution in [0, 0.1) is 127 Å². The first-order valence-electron chi connectivity index (χ1n) is 39.7. The summed E-state index contributed by atoms with van der Waals surface area (Å²) >= 11 is -18.8. The van der Waals surface area contributed by atoms with Crippen molar-refractivity contribution in [3.05, 3.63) is 291 Å². The van der Waals surface area contributed by atoms with Gasteiger partial charge in [-0.3, -0.25) is 0 Å². The van der Waals surface area contributed by atoms with Crippen LogP contribution in [0.25, 0.3) is 11.1 Å². The molecule has 4 aliphatic rings. The van der Waals surface area contributed by atoms with Gasteiger partial charge in [0.25, 0.3) is 0 Å². The molecule has 32 heteroatoms. The summed E-state index contributed by atoms with van der Waals surface area (Å²) in [6.45, 7) is 63.8. The van der Waals surface area contributed by atoms with Gasteiger partial charge in [-0.25, -0.2) is 5.26 Å². The number of anilines is 4. The summed E-state index contributed by atoms with van der Waals surface area (Å²) in [5, 5.41) is 13.8. The molecule has 2 aliphatic heterocycles. The Balaban J connectivity index is 0.00000144. The molecular formula is C94H124Cl2F12N6O6P2Ru2Sb2-4. The third-order valence-corrected chi connectivity index (χ3v) is 24.7. The van der Waals surface area contributed by atoms with Gasteiger partial charge in [0.05, 0.1) is 24.4 Å². The third-order valence-electron chi connectivity index (χ3n) is 17.1. The number of rotatable bonds is 18. The summed E-state index contributed by atoms with van der Waals surface area (Å²) in [5.41, 5.74) is 32.0. The van der Waals surface area contributed by atoms with Crippen LogP contribution in [0.2, 0.25) is 0 Å². The number of nitrogens with zero attached hydrogens (tertiary/aromatic N) is 6. The van der Waals surface area contributed by atoms with Crippen LogP contribution in [-0.2, 0) is 58.5 Å². The molecular weight excluding hydrogens is 2120 g/mol. The summed E-state index contributed by atoms with van der Waals surface area (Å²) in [5.74, 6) is 0. The summed E-state index contributed by atoms with van der Waals surface area (Å²) in [6, 6.07) is 58.0. The van der Waals surface area contributed by atoms with Gasteiger partial charge in [0.15, 0.2) is 0 Å². The molecule has 0 aromatic heterocycles. The van der Waals surface area contributed by atoms with Crippen molar-refractivity contribution in [3.8, 4) is 12.6 Å². The van der Waals surface area contributed by atoms with E-state index in [9.17, 15) is 28.1 Å². The van der Waals surface area contributed by atoms with E-state index in [2.05, 4.69) is 280 Å². The number of nitriles is 2. The molecule has 2 fully saturated rings. The van der Waals surface area contributed by atoms with Gasteiger partial charge in [-0.05, 0) is 211 Å². The van der Waals surface area contributed by atoms with Crippen molar-refractivity contribution >= 4 is 119 Å².